The second kappa shape index (κ2) is 6.81. The van der Waals surface area contributed by atoms with Crippen LogP contribution >= 0.6 is 0 Å². The Kier molecular flexibility index (Phi) is 5.23. The highest BCUT2D eigenvalue weighted by atomic mass is 19.4. The van der Waals surface area contributed by atoms with Gasteiger partial charge in [0.25, 0.3) is 0 Å². The Morgan fingerprint density at radius 1 is 1.43 bits per heavy atom. The molecular formula is C14H17F3N2O4. The zero-order valence-corrected chi connectivity index (χ0v) is 12.2. The zero-order valence-electron chi connectivity index (χ0n) is 12.2. The van der Waals surface area contributed by atoms with Crippen molar-refractivity contribution in [1.29, 1.82) is 0 Å². The van der Waals surface area contributed by atoms with Crippen LogP contribution in [0.4, 0.5) is 13.2 Å². The summed E-state index contributed by atoms with van der Waals surface area (Å²) in [5.41, 5.74) is -0.628. The standard InChI is InChI=1S/C14H17F3N2O4/c1-23-6-11(21)19-12-8(4-9(20)13(12)22)7-2-3-10(18-5-7)14(15,16)17/h2-3,5,8-9,12-13,20,22H,4,6H2,1H3,(H,19,21). The molecule has 1 fully saturated rings. The number of hydrogen-bond acceptors (Lipinski definition) is 5. The van der Waals surface area contributed by atoms with Crippen molar-refractivity contribution in [1.82, 2.24) is 10.3 Å². The first-order valence-corrected chi connectivity index (χ1v) is 6.91. The molecule has 0 aliphatic heterocycles. The van der Waals surface area contributed by atoms with Gasteiger partial charge >= 0.3 is 6.18 Å². The summed E-state index contributed by atoms with van der Waals surface area (Å²) >= 11 is 0. The monoisotopic (exact) mass is 334 g/mol. The van der Waals surface area contributed by atoms with Crippen LogP contribution in [0, 0.1) is 0 Å². The Hall–Kier alpha value is -1.71. The van der Waals surface area contributed by atoms with Gasteiger partial charge in [0, 0.05) is 19.2 Å². The topological polar surface area (TPSA) is 91.7 Å². The van der Waals surface area contributed by atoms with Gasteiger partial charge in [-0.1, -0.05) is 6.07 Å². The van der Waals surface area contributed by atoms with Crippen molar-refractivity contribution in [3.63, 3.8) is 0 Å². The lowest BCUT2D eigenvalue weighted by molar-refractivity contribution is -0.141. The number of hydrogen-bond donors (Lipinski definition) is 3. The maximum Gasteiger partial charge on any atom is 0.433 e. The number of alkyl halides is 3. The van der Waals surface area contributed by atoms with Gasteiger partial charge in [0.1, 0.15) is 18.4 Å². The van der Waals surface area contributed by atoms with Gasteiger partial charge in [-0.3, -0.25) is 9.78 Å². The van der Waals surface area contributed by atoms with E-state index in [4.69, 9.17) is 0 Å². The van der Waals surface area contributed by atoms with E-state index in [-0.39, 0.29) is 13.0 Å². The third-order valence-electron chi connectivity index (χ3n) is 3.80. The minimum absolute atomic E-state index is 0.103. The van der Waals surface area contributed by atoms with Crippen LogP contribution in [0.1, 0.15) is 23.6 Å². The lowest BCUT2D eigenvalue weighted by Gasteiger charge is -2.23. The molecule has 3 N–H and O–H groups in total. The third-order valence-corrected chi connectivity index (χ3v) is 3.80. The summed E-state index contributed by atoms with van der Waals surface area (Å²) in [5.74, 6) is -1.04. The van der Waals surface area contributed by atoms with Gasteiger partial charge in [-0.2, -0.15) is 13.2 Å². The van der Waals surface area contributed by atoms with Crippen molar-refractivity contribution in [2.75, 3.05) is 13.7 Å². The highest BCUT2D eigenvalue weighted by molar-refractivity contribution is 5.77. The number of amides is 1. The SMILES string of the molecule is COCC(=O)NC1C(c2ccc(C(F)(F)F)nc2)CC(O)C1O. The average Bonchev–Trinajstić information content (AvgIpc) is 2.75. The van der Waals surface area contributed by atoms with Crippen molar-refractivity contribution in [3.05, 3.63) is 29.6 Å². The summed E-state index contributed by atoms with van der Waals surface area (Å²) in [5, 5.41) is 22.3. The molecule has 0 spiro atoms. The summed E-state index contributed by atoms with van der Waals surface area (Å²) in [6, 6.07) is 1.24. The highest BCUT2D eigenvalue weighted by Gasteiger charge is 2.43. The maximum absolute atomic E-state index is 12.5. The van der Waals surface area contributed by atoms with Gasteiger partial charge in [0.05, 0.1) is 12.1 Å². The number of carbonyl (C=O) groups excluding carboxylic acids is 1. The van der Waals surface area contributed by atoms with E-state index in [1.54, 1.807) is 0 Å². The predicted octanol–water partition coefficient (Wildman–Crippen LogP) is 0.441. The number of aromatic nitrogens is 1. The molecular weight excluding hydrogens is 317 g/mol. The molecule has 23 heavy (non-hydrogen) atoms. The minimum atomic E-state index is -4.54. The zero-order chi connectivity index (χ0) is 17.2. The van der Waals surface area contributed by atoms with Crippen molar-refractivity contribution >= 4 is 5.91 Å². The molecule has 0 bridgehead atoms. The lowest BCUT2D eigenvalue weighted by atomic mass is 9.94. The number of methoxy groups -OCH3 is 1. The molecule has 4 atom stereocenters. The quantitative estimate of drug-likeness (QED) is 0.743. The fraction of sp³-hybridized carbons (Fsp3) is 0.571. The predicted molar refractivity (Wildman–Crippen MR) is 72.4 cm³/mol. The molecule has 6 nitrogen and oxygen atoms in total. The molecule has 1 aliphatic carbocycles. The van der Waals surface area contributed by atoms with Gasteiger partial charge in [0.15, 0.2) is 0 Å². The molecule has 9 heteroatoms. The van der Waals surface area contributed by atoms with Crippen LogP contribution < -0.4 is 5.32 Å². The highest BCUT2D eigenvalue weighted by Crippen LogP contribution is 2.36. The summed E-state index contributed by atoms with van der Waals surface area (Å²) in [4.78, 5) is 15.0. The Balaban J connectivity index is 2.20. The van der Waals surface area contributed by atoms with E-state index in [2.05, 4.69) is 15.0 Å². The first-order valence-electron chi connectivity index (χ1n) is 6.91. The molecule has 0 radical (unpaired) electrons. The number of halogens is 3. The number of ether oxygens (including phenoxy) is 1. The van der Waals surface area contributed by atoms with E-state index in [9.17, 15) is 28.2 Å². The first-order chi connectivity index (χ1) is 10.7. The van der Waals surface area contributed by atoms with E-state index >= 15 is 0 Å². The van der Waals surface area contributed by atoms with E-state index in [1.807, 2.05) is 0 Å². The van der Waals surface area contributed by atoms with Crippen LogP contribution in [0.3, 0.4) is 0 Å². The average molecular weight is 334 g/mol. The van der Waals surface area contributed by atoms with Crippen LogP contribution in [0.25, 0.3) is 0 Å². The van der Waals surface area contributed by atoms with Gasteiger partial charge in [-0.25, -0.2) is 0 Å². The Labute approximate surface area is 130 Å². The summed E-state index contributed by atoms with van der Waals surface area (Å²) in [7, 11) is 1.33. The Morgan fingerprint density at radius 3 is 2.65 bits per heavy atom. The third kappa shape index (κ3) is 3.98. The minimum Gasteiger partial charge on any atom is -0.390 e. The second-order valence-electron chi connectivity index (χ2n) is 5.40. The van der Waals surface area contributed by atoms with E-state index in [0.717, 1.165) is 12.3 Å². The number of aliphatic hydroxyl groups is 2. The van der Waals surface area contributed by atoms with E-state index in [0.29, 0.717) is 5.56 Å². The largest absolute Gasteiger partial charge is 0.433 e. The molecule has 0 aromatic carbocycles. The number of nitrogens with one attached hydrogen (secondary N) is 1. The molecule has 1 aromatic heterocycles. The van der Waals surface area contributed by atoms with Gasteiger partial charge in [0.2, 0.25) is 5.91 Å². The molecule has 1 amide bonds. The molecule has 128 valence electrons. The Morgan fingerprint density at radius 2 is 2.13 bits per heavy atom. The number of aliphatic hydroxyl groups excluding tert-OH is 2. The summed E-state index contributed by atoms with van der Waals surface area (Å²) in [6.07, 6.45) is -5.70. The van der Waals surface area contributed by atoms with Gasteiger partial charge in [-0.15, -0.1) is 0 Å². The van der Waals surface area contributed by atoms with Crippen molar-refractivity contribution in [3.8, 4) is 0 Å². The molecule has 1 heterocycles. The first kappa shape index (κ1) is 17.6. The molecule has 2 rings (SSSR count). The molecule has 0 saturated heterocycles. The van der Waals surface area contributed by atoms with E-state index < -0.39 is 41.9 Å². The maximum atomic E-state index is 12.5. The van der Waals surface area contributed by atoms with Crippen molar-refractivity contribution in [2.45, 2.75) is 36.8 Å². The normalized spacial score (nSPS) is 27.9. The molecule has 4 unspecified atom stereocenters. The Bertz CT molecular complexity index is 550. The van der Waals surface area contributed by atoms with Crippen LogP contribution in [0.15, 0.2) is 18.3 Å². The van der Waals surface area contributed by atoms with E-state index in [1.165, 1.54) is 13.2 Å². The summed E-state index contributed by atoms with van der Waals surface area (Å²) < 4.78 is 42.3. The molecule has 1 saturated carbocycles. The van der Waals surface area contributed by atoms with Crippen molar-refractivity contribution in [2.24, 2.45) is 0 Å². The van der Waals surface area contributed by atoms with Crippen LogP contribution in [0.5, 0.6) is 0 Å². The summed E-state index contributed by atoms with van der Waals surface area (Å²) in [6.45, 7) is -0.225. The van der Waals surface area contributed by atoms with Crippen LogP contribution in [-0.2, 0) is 15.7 Å². The van der Waals surface area contributed by atoms with Gasteiger partial charge < -0.3 is 20.3 Å². The fourth-order valence-corrected chi connectivity index (χ4v) is 2.70. The fourth-order valence-electron chi connectivity index (χ4n) is 2.70. The molecule has 1 aliphatic rings. The second-order valence-corrected chi connectivity index (χ2v) is 5.40. The van der Waals surface area contributed by atoms with Crippen LogP contribution in [0.2, 0.25) is 0 Å². The number of nitrogens with zero attached hydrogens (tertiary/aromatic N) is 1. The number of rotatable bonds is 4. The van der Waals surface area contributed by atoms with Crippen molar-refractivity contribution < 1.29 is 32.9 Å². The van der Waals surface area contributed by atoms with Crippen LogP contribution in [-0.4, -0.2) is 53.1 Å². The lowest BCUT2D eigenvalue weighted by Crippen LogP contribution is -2.46. The smallest absolute Gasteiger partial charge is 0.390 e. The van der Waals surface area contributed by atoms with Gasteiger partial charge in [-0.05, 0) is 18.1 Å². The molecule has 1 aromatic rings. The number of pyridine rings is 1. The number of carbonyl (C=O) groups is 1.